The van der Waals surface area contributed by atoms with E-state index in [-0.39, 0.29) is 0 Å². The fourth-order valence-electron chi connectivity index (χ4n) is 4.61. The van der Waals surface area contributed by atoms with Gasteiger partial charge in [-0.25, -0.2) is 0 Å². The number of carbonyl (C=O) groups is 1. The third-order valence-electron chi connectivity index (χ3n) is 6.52. The molecule has 3 aromatic carbocycles. The number of rotatable bonds is 15. The van der Waals surface area contributed by atoms with E-state index >= 15 is 0 Å². The van der Waals surface area contributed by atoms with Gasteiger partial charge in [-0.1, -0.05) is 125 Å². The van der Waals surface area contributed by atoms with Crippen molar-refractivity contribution in [2.75, 3.05) is 7.11 Å². The van der Waals surface area contributed by atoms with E-state index < -0.39 is 16.0 Å². The molecule has 0 heterocycles. The van der Waals surface area contributed by atoms with Gasteiger partial charge in [-0.2, -0.15) is 0 Å². The number of benzene rings is 3. The monoisotopic (exact) mass is 490 g/mol. The molecule has 0 saturated heterocycles. The van der Waals surface area contributed by atoms with E-state index in [1.807, 2.05) is 48.5 Å². The summed E-state index contributed by atoms with van der Waals surface area (Å²) < 4.78 is 4.76. The second-order valence-corrected chi connectivity index (χ2v) is 10.4. The van der Waals surface area contributed by atoms with Crippen molar-refractivity contribution in [3.63, 3.8) is 0 Å². The van der Waals surface area contributed by atoms with Gasteiger partial charge in [0.15, 0.2) is 0 Å². The number of methoxy groups -OCH3 is 1. The van der Waals surface area contributed by atoms with Crippen LogP contribution in [0.5, 0.6) is 5.75 Å². The molecular weight excluding hydrogens is 452 g/mol. The summed E-state index contributed by atoms with van der Waals surface area (Å²) in [7, 11) is 1.66. The van der Waals surface area contributed by atoms with Gasteiger partial charge in [-0.3, -0.25) is 4.79 Å². The smallest absolute Gasteiger partial charge is 0.316 e. The van der Waals surface area contributed by atoms with E-state index in [2.05, 4.69) is 43.3 Å². The number of aliphatic carboxylic acids is 1. The van der Waals surface area contributed by atoms with Crippen molar-refractivity contribution in [1.29, 1.82) is 0 Å². The molecule has 3 nitrogen and oxygen atoms in total. The maximum atomic E-state index is 12.5. The predicted octanol–water partition coefficient (Wildman–Crippen LogP) is 8.31. The van der Waals surface area contributed by atoms with Crippen LogP contribution < -0.4 is 4.74 Å². The van der Waals surface area contributed by atoms with Gasteiger partial charge in [0.25, 0.3) is 0 Å². The molecule has 0 radical (unpaired) electrons. The first kappa shape index (κ1) is 26.9. The van der Waals surface area contributed by atoms with Crippen molar-refractivity contribution in [3.8, 4) is 5.75 Å². The molecule has 0 saturated carbocycles. The molecule has 3 rings (SSSR count). The van der Waals surface area contributed by atoms with Gasteiger partial charge >= 0.3 is 5.97 Å². The van der Waals surface area contributed by atoms with Gasteiger partial charge in [0.1, 0.15) is 11.0 Å². The molecule has 0 bridgehead atoms. The number of carboxylic acid groups (broad SMARTS) is 1. The van der Waals surface area contributed by atoms with Crippen LogP contribution >= 0.6 is 11.8 Å². The zero-order chi connectivity index (χ0) is 24.9. The normalized spacial score (nSPS) is 12.3. The van der Waals surface area contributed by atoms with Crippen LogP contribution in [0.3, 0.4) is 0 Å². The third-order valence-corrected chi connectivity index (χ3v) is 8.30. The predicted molar refractivity (Wildman–Crippen MR) is 147 cm³/mol. The Morgan fingerprint density at radius 2 is 1.26 bits per heavy atom. The minimum Gasteiger partial charge on any atom is -0.497 e. The van der Waals surface area contributed by atoms with E-state index in [9.17, 15) is 9.90 Å². The zero-order valence-corrected chi connectivity index (χ0v) is 21.8. The molecule has 35 heavy (non-hydrogen) atoms. The fraction of sp³-hybridized carbons (Fsp3) is 0.387. The summed E-state index contributed by atoms with van der Waals surface area (Å²) in [6.45, 7) is 2.23. The number of thioether (sulfide) groups is 1. The maximum Gasteiger partial charge on any atom is 0.316 e. The van der Waals surface area contributed by atoms with Crippen LogP contribution in [0.4, 0.5) is 0 Å². The molecule has 1 unspecified atom stereocenters. The lowest BCUT2D eigenvalue weighted by Crippen LogP contribution is -2.31. The summed E-state index contributed by atoms with van der Waals surface area (Å²) in [6.07, 6.45) is 8.89. The number of hydrogen-bond donors (Lipinski definition) is 1. The number of carboxylic acids is 1. The minimum absolute atomic E-state index is 0.520. The van der Waals surface area contributed by atoms with Gasteiger partial charge < -0.3 is 9.84 Å². The largest absolute Gasteiger partial charge is 0.497 e. The van der Waals surface area contributed by atoms with Crippen molar-refractivity contribution in [2.45, 2.75) is 68.3 Å². The van der Waals surface area contributed by atoms with Crippen LogP contribution in [0, 0.1) is 0 Å². The van der Waals surface area contributed by atoms with Crippen molar-refractivity contribution in [2.24, 2.45) is 0 Å². The Labute approximate surface area is 214 Å². The van der Waals surface area contributed by atoms with Gasteiger partial charge in [-0.05, 0) is 35.2 Å². The Bertz CT molecular complexity index is 963. The van der Waals surface area contributed by atoms with Crippen LogP contribution in [0.25, 0.3) is 0 Å². The van der Waals surface area contributed by atoms with Gasteiger partial charge in [0.05, 0.1) is 11.9 Å². The Morgan fingerprint density at radius 3 is 1.74 bits per heavy atom. The Hall–Kier alpha value is -2.72. The Kier molecular flexibility index (Phi) is 10.7. The summed E-state index contributed by atoms with van der Waals surface area (Å²) in [5.74, 6) is 0.0392. The topological polar surface area (TPSA) is 46.5 Å². The van der Waals surface area contributed by atoms with Crippen molar-refractivity contribution < 1.29 is 14.6 Å². The zero-order valence-electron chi connectivity index (χ0n) is 21.0. The first-order chi connectivity index (χ1) is 17.1. The minimum atomic E-state index is -0.745. The summed E-state index contributed by atoms with van der Waals surface area (Å²) in [6, 6.07) is 28.6. The molecule has 0 aliphatic carbocycles. The summed E-state index contributed by atoms with van der Waals surface area (Å²) in [5.41, 5.74) is 3.20. The quantitative estimate of drug-likeness (QED) is 0.172. The molecular formula is C31H38O3S. The first-order valence-electron chi connectivity index (χ1n) is 12.8. The molecule has 0 aliphatic heterocycles. The molecule has 3 aromatic rings. The maximum absolute atomic E-state index is 12.5. The average molecular weight is 491 g/mol. The van der Waals surface area contributed by atoms with Crippen LogP contribution in [-0.2, 0) is 9.54 Å². The average Bonchev–Trinajstić information content (AvgIpc) is 2.91. The van der Waals surface area contributed by atoms with Crippen LogP contribution in [0.15, 0.2) is 84.9 Å². The van der Waals surface area contributed by atoms with Gasteiger partial charge in [0.2, 0.25) is 0 Å². The molecule has 0 amide bonds. The summed E-state index contributed by atoms with van der Waals surface area (Å²) in [5, 5.41) is 9.77. The third kappa shape index (κ3) is 7.14. The molecule has 0 aliphatic rings. The van der Waals surface area contributed by atoms with E-state index in [1.54, 1.807) is 18.9 Å². The summed E-state index contributed by atoms with van der Waals surface area (Å²) in [4.78, 5) is 12.5. The number of ether oxygens (including phenoxy) is 1. The van der Waals surface area contributed by atoms with E-state index in [4.69, 9.17) is 4.74 Å². The highest BCUT2D eigenvalue weighted by atomic mass is 32.2. The molecule has 0 fully saturated rings. The Balaban J connectivity index is 1.97. The lowest BCUT2D eigenvalue weighted by atomic mass is 9.84. The molecule has 0 aromatic heterocycles. The van der Waals surface area contributed by atoms with E-state index in [0.717, 1.165) is 35.3 Å². The molecule has 1 atom stereocenters. The van der Waals surface area contributed by atoms with E-state index in [1.165, 1.54) is 32.1 Å². The van der Waals surface area contributed by atoms with Crippen molar-refractivity contribution in [3.05, 3.63) is 102 Å². The van der Waals surface area contributed by atoms with E-state index in [0.29, 0.717) is 6.42 Å². The molecule has 4 heteroatoms. The van der Waals surface area contributed by atoms with Crippen molar-refractivity contribution >= 4 is 17.7 Å². The standard InChI is InChI=1S/C31H38O3S/c1-3-4-5-6-7-8-15-20-29(30(32)33)35-31(25-16-11-9-12-17-25,26-18-13-10-14-19-26)27-21-23-28(34-2)24-22-27/h9-14,16-19,21-24,29H,3-8,15,20H2,1-2H3,(H,32,33). The Morgan fingerprint density at radius 1 is 0.771 bits per heavy atom. The SMILES string of the molecule is CCCCCCCCCC(SC(c1ccccc1)(c1ccccc1)c1ccc(OC)cc1)C(=O)O. The molecule has 1 N–H and O–H groups in total. The van der Waals surface area contributed by atoms with Gasteiger partial charge in [0, 0.05) is 0 Å². The molecule has 186 valence electrons. The van der Waals surface area contributed by atoms with Gasteiger partial charge in [-0.15, -0.1) is 11.8 Å². The fourth-order valence-corrected chi connectivity index (χ4v) is 6.24. The second-order valence-electron chi connectivity index (χ2n) is 9.00. The first-order valence-corrected chi connectivity index (χ1v) is 13.7. The van der Waals surface area contributed by atoms with Crippen LogP contribution in [0.1, 0.15) is 75.0 Å². The number of unbranched alkanes of at least 4 members (excludes halogenated alkanes) is 6. The highest BCUT2D eigenvalue weighted by Crippen LogP contribution is 2.51. The van der Waals surface area contributed by atoms with Crippen LogP contribution in [-0.4, -0.2) is 23.4 Å². The molecule has 0 spiro atoms. The highest BCUT2D eigenvalue weighted by molar-refractivity contribution is 8.01. The lowest BCUT2D eigenvalue weighted by Gasteiger charge is -2.37. The van der Waals surface area contributed by atoms with Crippen LogP contribution in [0.2, 0.25) is 0 Å². The number of hydrogen-bond acceptors (Lipinski definition) is 3. The highest BCUT2D eigenvalue weighted by Gasteiger charge is 2.41. The van der Waals surface area contributed by atoms with Crippen molar-refractivity contribution in [1.82, 2.24) is 0 Å². The summed E-state index contributed by atoms with van der Waals surface area (Å²) >= 11 is 1.55. The second kappa shape index (κ2) is 14.0. The lowest BCUT2D eigenvalue weighted by molar-refractivity contribution is -0.136.